The third-order valence-electron chi connectivity index (χ3n) is 3.29. The summed E-state index contributed by atoms with van der Waals surface area (Å²) in [7, 11) is 0. The van der Waals surface area contributed by atoms with Crippen LogP contribution in [0.25, 0.3) is 16.6 Å². The Labute approximate surface area is 125 Å². The van der Waals surface area contributed by atoms with Gasteiger partial charge in [0.05, 0.1) is 28.4 Å². The van der Waals surface area contributed by atoms with E-state index < -0.39 is 0 Å². The zero-order valence-electron chi connectivity index (χ0n) is 11.4. The van der Waals surface area contributed by atoms with E-state index in [1.165, 1.54) is 0 Å². The fourth-order valence-electron chi connectivity index (χ4n) is 2.25. The minimum absolute atomic E-state index is 0.894. The zero-order chi connectivity index (χ0) is 14.2. The van der Waals surface area contributed by atoms with E-state index >= 15 is 0 Å². The van der Waals surface area contributed by atoms with E-state index in [2.05, 4.69) is 14.4 Å². The van der Waals surface area contributed by atoms with Crippen LogP contribution in [0, 0.1) is 6.92 Å². The minimum atomic E-state index is 0.894. The molecule has 3 heterocycles. The van der Waals surface area contributed by atoms with E-state index in [4.69, 9.17) is 4.98 Å². The van der Waals surface area contributed by atoms with Crippen molar-refractivity contribution in [1.29, 1.82) is 0 Å². The average Bonchev–Trinajstić information content (AvgIpc) is 2.91. The Bertz CT molecular complexity index is 945. The molecule has 0 N–H and O–H groups in total. The molecule has 4 nitrogen and oxygen atoms in total. The number of para-hydroxylation sites is 2. The van der Waals surface area contributed by atoms with Gasteiger partial charge in [-0.25, -0.2) is 15.0 Å². The van der Waals surface area contributed by atoms with Crippen molar-refractivity contribution in [2.45, 2.75) is 17.1 Å². The smallest absolute Gasteiger partial charge is 0.179 e. The van der Waals surface area contributed by atoms with Gasteiger partial charge in [-0.05, 0) is 43.0 Å². The van der Waals surface area contributed by atoms with Crippen LogP contribution in [-0.4, -0.2) is 19.4 Å². The molecule has 0 fully saturated rings. The molecule has 0 saturated carbocycles. The van der Waals surface area contributed by atoms with Crippen LogP contribution in [0.15, 0.2) is 65.0 Å². The lowest BCUT2D eigenvalue weighted by Crippen LogP contribution is -1.94. The van der Waals surface area contributed by atoms with Crippen LogP contribution in [0.4, 0.5) is 0 Å². The summed E-state index contributed by atoms with van der Waals surface area (Å²) in [6.45, 7) is 1.98. The van der Waals surface area contributed by atoms with Gasteiger partial charge in [-0.1, -0.05) is 18.2 Å². The van der Waals surface area contributed by atoms with E-state index in [1.807, 2.05) is 61.8 Å². The van der Waals surface area contributed by atoms with Gasteiger partial charge in [0.15, 0.2) is 5.16 Å². The van der Waals surface area contributed by atoms with Gasteiger partial charge in [0.1, 0.15) is 5.03 Å². The molecule has 1 aromatic carbocycles. The van der Waals surface area contributed by atoms with Crippen molar-refractivity contribution < 1.29 is 0 Å². The van der Waals surface area contributed by atoms with E-state index in [1.54, 1.807) is 11.8 Å². The Kier molecular flexibility index (Phi) is 2.86. The Morgan fingerprint density at radius 2 is 1.71 bits per heavy atom. The van der Waals surface area contributed by atoms with Gasteiger partial charge >= 0.3 is 0 Å². The topological polar surface area (TPSA) is 43.1 Å². The number of rotatable bonds is 2. The predicted molar refractivity (Wildman–Crippen MR) is 83.6 cm³/mol. The minimum Gasteiger partial charge on any atom is -0.295 e. The summed E-state index contributed by atoms with van der Waals surface area (Å²) in [6, 6.07) is 14.0. The maximum atomic E-state index is 4.70. The van der Waals surface area contributed by atoms with Crippen LogP contribution in [0.1, 0.15) is 5.69 Å². The number of nitrogens with zero attached hydrogens (tertiary/aromatic N) is 4. The average molecular weight is 292 g/mol. The van der Waals surface area contributed by atoms with Gasteiger partial charge in [-0.15, -0.1) is 0 Å². The molecule has 0 amide bonds. The normalized spacial score (nSPS) is 11.3. The molecule has 5 heteroatoms. The first-order chi connectivity index (χ1) is 10.3. The third-order valence-corrected chi connectivity index (χ3v) is 4.36. The van der Waals surface area contributed by atoms with Gasteiger partial charge in [0, 0.05) is 6.20 Å². The second-order valence-corrected chi connectivity index (χ2v) is 5.70. The molecule has 21 heavy (non-hydrogen) atoms. The van der Waals surface area contributed by atoms with E-state index in [9.17, 15) is 0 Å². The SMILES string of the molecule is Cc1nc2ccccc2nc1Sc1ncc2ccccn12. The molecule has 0 spiro atoms. The predicted octanol–water partition coefficient (Wildman–Crippen LogP) is 3.74. The second-order valence-electron chi connectivity index (χ2n) is 4.74. The summed E-state index contributed by atoms with van der Waals surface area (Å²) in [5.41, 5.74) is 3.83. The van der Waals surface area contributed by atoms with Crippen LogP contribution in [0.5, 0.6) is 0 Å². The zero-order valence-corrected chi connectivity index (χ0v) is 12.2. The van der Waals surface area contributed by atoms with Crippen LogP contribution in [0.3, 0.4) is 0 Å². The Hall–Kier alpha value is -2.40. The summed E-state index contributed by atoms with van der Waals surface area (Å²) >= 11 is 1.54. The van der Waals surface area contributed by atoms with Gasteiger partial charge in [0.25, 0.3) is 0 Å². The van der Waals surface area contributed by atoms with Crippen molar-refractivity contribution in [3.8, 4) is 0 Å². The summed E-state index contributed by atoms with van der Waals surface area (Å²) in [6.07, 6.45) is 3.88. The van der Waals surface area contributed by atoms with Crippen molar-refractivity contribution >= 4 is 28.3 Å². The molecule has 4 aromatic rings. The van der Waals surface area contributed by atoms with Gasteiger partial charge in [-0.2, -0.15) is 0 Å². The summed E-state index contributed by atoms with van der Waals surface area (Å²) < 4.78 is 2.06. The van der Waals surface area contributed by atoms with Crippen molar-refractivity contribution in [3.63, 3.8) is 0 Å². The molecule has 0 saturated heterocycles. The number of imidazole rings is 1. The monoisotopic (exact) mass is 292 g/mol. The highest BCUT2D eigenvalue weighted by Crippen LogP contribution is 2.28. The van der Waals surface area contributed by atoms with Crippen LogP contribution in [-0.2, 0) is 0 Å². The van der Waals surface area contributed by atoms with Gasteiger partial charge in [0.2, 0.25) is 0 Å². The van der Waals surface area contributed by atoms with Crippen molar-refractivity contribution in [1.82, 2.24) is 19.4 Å². The number of aryl methyl sites for hydroxylation is 1. The lowest BCUT2D eigenvalue weighted by atomic mass is 10.3. The van der Waals surface area contributed by atoms with E-state index in [0.29, 0.717) is 0 Å². The van der Waals surface area contributed by atoms with Crippen LogP contribution < -0.4 is 0 Å². The first-order valence-electron chi connectivity index (χ1n) is 6.64. The molecule has 0 radical (unpaired) electrons. The highest BCUT2D eigenvalue weighted by atomic mass is 32.2. The van der Waals surface area contributed by atoms with Crippen molar-refractivity contribution in [2.75, 3.05) is 0 Å². The molecule has 0 aliphatic heterocycles. The molecule has 0 unspecified atom stereocenters. The van der Waals surface area contributed by atoms with Crippen molar-refractivity contribution in [2.24, 2.45) is 0 Å². The first kappa shape index (κ1) is 12.3. The van der Waals surface area contributed by atoms with Crippen molar-refractivity contribution in [3.05, 3.63) is 60.6 Å². The summed E-state index contributed by atoms with van der Waals surface area (Å²) in [4.78, 5) is 13.8. The molecule has 0 aliphatic carbocycles. The standard InChI is InChI=1S/C16H12N4S/c1-11-15(19-14-8-3-2-7-13(14)18-11)21-16-17-10-12-6-4-5-9-20(12)16/h2-10H,1H3. The molecule has 102 valence electrons. The number of pyridine rings is 1. The lowest BCUT2D eigenvalue weighted by molar-refractivity contribution is 0.945. The number of hydrogen-bond acceptors (Lipinski definition) is 4. The Morgan fingerprint density at radius 3 is 2.57 bits per heavy atom. The molecule has 0 atom stereocenters. The molecular weight excluding hydrogens is 280 g/mol. The van der Waals surface area contributed by atoms with Crippen LogP contribution >= 0.6 is 11.8 Å². The maximum Gasteiger partial charge on any atom is 0.179 e. The Balaban J connectivity index is 1.82. The molecule has 0 aliphatic rings. The molecule has 3 aromatic heterocycles. The maximum absolute atomic E-state index is 4.70. The fraction of sp³-hybridized carbons (Fsp3) is 0.0625. The van der Waals surface area contributed by atoms with E-state index in [-0.39, 0.29) is 0 Å². The quantitative estimate of drug-likeness (QED) is 0.564. The van der Waals surface area contributed by atoms with Gasteiger partial charge < -0.3 is 0 Å². The summed E-state index contributed by atoms with van der Waals surface area (Å²) in [5, 5.41) is 1.79. The molecule has 0 bridgehead atoms. The lowest BCUT2D eigenvalue weighted by Gasteiger charge is -2.05. The number of hydrogen-bond donors (Lipinski definition) is 0. The van der Waals surface area contributed by atoms with E-state index in [0.717, 1.165) is 32.4 Å². The Morgan fingerprint density at radius 1 is 0.952 bits per heavy atom. The largest absolute Gasteiger partial charge is 0.295 e. The number of benzene rings is 1. The molecular formula is C16H12N4S. The third kappa shape index (κ3) is 2.15. The summed E-state index contributed by atoms with van der Waals surface area (Å²) in [5.74, 6) is 0. The number of aromatic nitrogens is 4. The highest BCUT2D eigenvalue weighted by molar-refractivity contribution is 7.99. The fourth-order valence-corrected chi connectivity index (χ4v) is 3.13. The second kappa shape index (κ2) is 4.86. The van der Waals surface area contributed by atoms with Crippen LogP contribution in [0.2, 0.25) is 0 Å². The van der Waals surface area contributed by atoms with Gasteiger partial charge in [-0.3, -0.25) is 4.40 Å². The number of fused-ring (bicyclic) bond motifs is 2. The molecule has 4 rings (SSSR count). The first-order valence-corrected chi connectivity index (χ1v) is 7.46. The highest BCUT2D eigenvalue weighted by Gasteiger charge is 2.10.